The Kier molecular flexibility index (Phi) is 12.8. The van der Waals surface area contributed by atoms with Gasteiger partial charge in [0.05, 0.1) is 88.5 Å². The molecule has 258 valence electrons. The lowest BCUT2D eigenvalue weighted by molar-refractivity contribution is -0.929. The minimum absolute atomic E-state index is 0.283. The number of carbonyl (C=O) groups is 2. The van der Waals surface area contributed by atoms with Crippen LogP contribution in [0.3, 0.4) is 0 Å². The molecule has 47 heavy (non-hydrogen) atoms. The van der Waals surface area contributed by atoms with Crippen LogP contribution in [0.15, 0.2) is 36.4 Å². The topological polar surface area (TPSA) is 98.8 Å². The van der Waals surface area contributed by atoms with Crippen LogP contribution in [0.4, 0.5) is 0 Å². The minimum Gasteiger partial charge on any atom is -0.493 e. The molecule has 2 aliphatic heterocycles. The van der Waals surface area contributed by atoms with Crippen LogP contribution in [0, 0.1) is 0 Å². The number of rotatable bonds is 17. The van der Waals surface area contributed by atoms with E-state index in [0.717, 1.165) is 116 Å². The highest BCUT2D eigenvalue weighted by Gasteiger charge is 2.33. The molecule has 1 fully saturated rings. The summed E-state index contributed by atoms with van der Waals surface area (Å²) in [6.45, 7) is 7.13. The SMILES string of the molecule is COc1cc2c(cc1OC)C[N+](C)(CCCOC(=O)/C=C\C(=O)OCCC[N+]1(Cc3cc(OC)c(OC)c(OC)c3)CCCC1)CC2. The van der Waals surface area contributed by atoms with Crippen LogP contribution < -0.4 is 23.7 Å². The number of quaternary nitrogens is 2. The van der Waals surface area contributed by atoms with Gasteiger partial charge in [-0.05, 0) is 29.8 Å². The molecule has 4 rings (SSSR count). The van der Waals surface area contributed by atoms with Gasteiger partial charge >= 0.3 is 11.9 Å². The Balaban J connectivity index is 1.17. The number of benzene rings is 2. The fraction of sp³-hybridized carbons (Fsp3) is 0.556. The highest BCUT2D eigenvalue weighted by atomic mass is 16.5. The first kappa shape index (κ1) is 35.9. The quantitative estimate of drug-likeness (QED) is 0.106. The largest absolute Gasteiger partial charge is 0.493 e. The molecule has 0 amide bonds. The van der Waals surface area contributed by atoms with Gasteiger partial charge in [0.15, 0.2) is 23.0 Å². The fourth-order valence-electron chi connectivity index (χ4n) is 6.92. The van der Waals surface area contributed by atoms with E-state index in [9.17, 15) is 9.59 Å². The van der Waals surface area contributed by atoms with E-state index >= 15 is 0 Å². The van der Waals surface area contributed by atoms with Crippen molar-refractivity contribution in [3.63, 3.8) is 0 Å². The number of hydrogen-bond acceptors (Lipinski definition) is 9. The van der Waals surface area contributed by atoms with Gasteiger partial charge in [-0.25, -0.2) is 9.59 Å². The Labute approximate surface area is 279 Å². The molecular formula is C36H52N2O9+2. The molecule has 1 saturated heterocycles. The molecule has 0 aromatic heterocycles. The second-order valence-electron chi connectivity index (χ2n) is 12.7. The molecule has 2 aromatic rings. The zero-order valence-electron chi connectivity index (χ0n) is 28.9. The van der Waals surface area contributed by atoms with Crippen molar-refractivity contribution in [2.45, 2.75) is 45.2 Å². The standard InChI is InChI=1S/C36H52N2O9/c1-37(18-13-28-23-30(41-2)31(42-3)24-29(28)26-37)14-9-19-46-34(39)11-12-35(40)47-20-10-17-38(15-7-8-16-38)25-27-21-32(43-4)36(45-6)33(22-27)44-5/h11-12,21-24H,7-10,13-20,25-26H2,1-6H3/q+2/b12-11-. The molecule has 2 heterocycles. The summed E-state index contributed by atoms with van der Waals surface area (Å²) in [4.78, 5) is 24.5. The average molecular weight is 657 g/mol. The summed E-state index contributed by atoms with van der Waals surface area (Å²) in [7, 11) is 10.4. The van der Waals surface area contributed by atoms with Crippen molar-refractivity contribution in [2.24, 2.45) is 0 Å². The zero-order chi connectivity index (χ0) is 33.9. The Morgan fingerprint density at radius 3 is 1.74 bits per heavy atom. The van der Waals surface area contributed by atoms with Crippen LogP contribution in [0.25, 0.3) is 0 Å². The van der Waals surface area contributed by atoms with E-state index in [1.807, 2.05) is 12.1 Å². The van der Waals surface area contributed by atoms with Gasteiger partial charge in [0.2, 0.25) is 5.75 Å². The zero-order valence-corrected chi connectivity index (χ0v) is 28.9. The molecule has 0 spiro atoms. The van der Waals surface area contributed by atoms with Crippen molar-refractivity contribution >= 4 is 11.9 Å². The van der Waals surface area contributed by atoms with Gasteiger partial charge in [0.25, 0.3) is 0 Å². The Hall–Kier alpha value is -3.96. The van der Waals surface area contributed by atoms with Crippen LogP contribution in [0.2, 0.25) is 0 Å². The Morgan fingerprint density at radius 1 is 0.681 bits per heavy atom. The first-order valence-electron chi connectivity index (χ1n) is 16.4. The smallest absolute Gasteiger partial charge is 0.331 e. The van der Waals surface area contributed by atoms with Gasteiger partial charge in [-0.15, -0.1) is 0 Å². The van der Waals surface area contributed by atoms with Crippen LogP contribution in [-0.4, -0.2) is 109 Å². The maximum atomic E-state index is 12.3. The van der Waals surface area contributed by atoms with Gasteiger partial charge in [0.1, 0.15) is 13.1 Å². The number of nitrogens with zero attached hydrogens (tertiary/aromatic N) is 2. The summed E-state index contributed by atoms with van der Waals surface area (Å²) in [5, 5.41) is 0. The Bertz CT molecular complexity index is 1380. The predicted octanol–water partition coefficient (Wildman–Crippen LogP) is 4.47. The monoisotopic (exact) mass is 656 g/mol. The lowest BCUT2D eigenvalue weighted by Gasteiger charge is -2.39. The number of fused-ring (bicyclic) bond motifs is 1. The highest BCUT2D eigenvalue weighted by Crippen LogP contribution is 2.39. The maximum Gasteiger partial charge on any atom is 0.331 e. The van der Waals surface area contributed by atoms with Crippen LogP contribution in [0.5, 0.6) is 28.7 Å². The first-order valence-corrected chi connectivity index (χ1v) is 16.4. The van der Waals surface area contributed by atoms with E-state index in [1.165, 1.54) is 11.1 Å². The van der Waals surface area contributed by atoms with Gasteiger partial charge in [0, 0.05) is 55.4 Å². The summed E-state index contributed by atoms with van der Waals surface area (Å²) < 4.78 is 40.0. The number of methoxy groups -OCH3 is 5. The molecule has 1 atom stereocenters. The van der Waals surface area contributed by atoms with Crippen LogP contribution in [-0.2, 0) is 38.6 Å². The van der Waals surface area contributed by atoms with Crippen molar-refractivity contribution in [3.05, 3.63) is 53.1 Å². The van der Waals surface area contributed by atoms with Crippen molar-refractivity contribution in [3.8, 4) is 28.7 Å². The molecule has 2 aromatic carbocycles. The molecule has 11 nitrogen and oxygen atoms in total. The molecule has 0 saturated carbocycles. The summed E-state index contributed by atoms with van der Waals surface area (Å²) in [6.07, 6.45) is 7.00. The number of ether oxygens (including phenoxy) is 7. The van der Waals surface area contributed by atoms with Gasteiger partial charge in [-0.3, -0.25) is 0 Å². The summed E-state index contributed by atoms with van der Waals surface area (Å²) in [5.41, 5.74) is 3.65. The normalized spacial score (nSPS) is 18.3. The first-order chi connectivity index (χ1) is 22.7. The summed E-state index contributed by atoms with van der Waals surface area (Å²) >= 11 is 0. The molecule has 11 heteroatoms. The summed E-state index contributed by atoms with van der Waals surface area (Å²) in [5.74, 6) is 2.28. The molecule has 1 unspecified atom stereocenters. The van der Waals surface area contributed by atoms with Crippen molar-refractivity contribution in [2.75, 3.05) is 88.5 Å². The molecule has 0 radical (unpaired) electrons. The lowest BCUT2D eigenvalue weighted by atomic mass is 9.97. The minimum atomic E-state index is -0.545. The second-order valence-corrected chi connectivity index (χ2v) is 12.7. The van der Waals surface area contributed by atoms with Gasteiger partial charge in [-0.1, -0.05) is 0 Å². The van der Waals surface area contributed by atoms with Crippen LogP contribution >= 0.6 is 0 Å². The van der Waals surface area contributed by atoms with Crippen molar-refractivity contribution < 1.29 is 51.7 Å². The number of likely N-dealkylation sites (N-methyl/N-ethyl adjacent to an activating group) is 1. The number of hydrogen-bond donors (Lipinski definition) is 0. The number of likely N-dealkylation sites (tertiary alicyclic amines) is 1. The number of carbonyl (C=O) groups excluding carboxylic acids is 2. The third-order valence-electron chi connectivity index (χ3n) is 9.40. The maximum absolute atomic E-state index is 12.3. The van der Waals surface area contributed by atoms with Gasteiger partial charge in [-0.2, -0.15) is 0 Å². The predicted molar refractivity (Wildman–Crippen MR) is 177 cm³/mol. The molecule has 0 N–H and O–H groups in total. The van der Waals surface area contributed by atoms with E-state index in [0.29, 0.717) is 17.2 Å². The van der Waals surface area contributed by atoms with E-state index in [2.05, 4.69) is 19.2 Å². The molecule has 0 bridgehead atoms. The number of esters is 2. The highest BCUT2D eigenvalue weighted by molar-refractivity contribution is 5.91. The van der Waals surface area contributed by atoms with E-state index in [1.54, 1.807) is 35.5 Å². The molecule has 2 aliphatic rings. The third-order valence-corrected chi connectivity index (χ3v) is 9.40. The van der Waals surface area contributed by atoms with Crippen LogP contribution in [0.1, 0.15) is 42.4 Å². The average Bonchev–Trinajstić information content (AvgIpc) is 3.54. The molecule has 0 aliphatic carbocycles. The van der Waals surface area contributed by atoms with E-state index < -0.39 is 11.9 Å². The summed E-state index contributed by atoms with van der Waals surface area (Å²) in [6, 6.07) is 8.15. The van der Waals surface area contributed by atoms with E-state index in [4.69, 9.17) is 33.2 Å². The third kappa shape index (κ3) is 9.54. The fourth-order valence-corrected chi connectivity index (χ4v) is 6.92. The van der Waals surface area contributed by atoms with Gasteiger partial charge < -0.3 is 42.1 Å². The Morgan fingerprint density at radius 2 is 1.21 bits per heavy atom. The second kappa shape index (κ2) is 16.7. The molecular weight excluding hydrogens is 604 g/mol. The van der Waals surface area contributed by atoms with E-state index in [-0.39, 0.29) is 13.2 Å². The van der Waals surface area contributed by atoms with Crippen molar-refractivity contribution in [1.29, 1.82) is 0 Å². The van der Waals surface area contributed by atoms with Crippen molar-refractivity contribution in [1.82, 2.24) is 0 Å². The lowest BCUT2D eigenvalue weighted by Crippen LogP contribution is -2.48.